The molecule has 6 heteroatoms. The molecular weight excluding hydrogens is 254 g/mol. The zero-order valence-corrected chi connectivity index (χ0v) is 10.9. The van der Waals surface area contributed by atoms with Crippen molar-refractivity contribution in [1.29, 1.82) is 0 Å². The van der Waals surface area contributed by atoms with Gasteiger partial charge in [-0.15, -0.1) is 5.10 Å². The van der Waals surface area contributed by atoms with E-state index in [1.54, 1.807) is 24.2 Å². The summed E-state index contributed by atoms with van der Waals surface area (Å²) in [7, 11) is 1.61. The molecule has 2 heterocycles. The van der Waals surface area contributed by atoms with E-state index in [-0.39, 0.29) is 0 Å². The molecule has 2 aromatic heterocycles. The second-order valence-corrected chi connectivity index (χ2v) is 4.14. The SMILES string of the molecule is COc1ccccc1-n1nnc(-c2ccncc2)c1N. The van der Waals surface area contributed by atoms with Gasteiger partial charge in [0.1, 0.15) is 17.1 Å². The molecular formula is C14H13N5O. The highest BCUT2D eigenvalue weighted by Crippen LogP contribution is 2.28. The Morgan fingerprint density at radius 2 is 1.85 bits per heavy atom. The number of rotatable bonds is 3. The largest absolute Gasteiger partial charge is 0.494 e. The van der Waals surface area contributed by atoms with Crippen LogP contribution in [0.15, 0.2) is 48.8 Å². The number of nitrogens with zero attached hydrogens (tertiary/aromatic N) is 4. The van der Waals surface area contributed by atoms with Gasteiger partial charge in [-0.3, -0.25) is 4.98 Å². The van der Waals surface area contributed by atoms with Crippen LogP contribution in [0, 0.1) is 0 Å². The standard InChI is InChI=1S/C14H13N5O/c1-20-12-5-3-2-4-11(12)19-14(15)13(17-18-19)10-6-8-16-9-7-10/h2-9H,15H2,1H3. The third-order valence-electron chi connectivity index (χ3n) is 2.97. The number of nitrogens with two attached hydrogens (primary N) is 1. The van der Waals surface area contributed by atoms with Crippen molar-refractivity contribution in [2.24, 2.45) is 0 Å². The minimum Gasteiger partial charge on any atom is -0.494 e. The Morgan fingerprint density at radius 1 is 1.10 bits per heavy atom. The maximum absolute atomic E-state index is 6.15. The van der Waals surface area contributed by atoms with Gasteiger partial charge in [-0.25, -0.2) is 0 Å². The molecule has 20 heavy (non-hydrogen) atoms. The molecule has 0 aliphatic carbocycles. The third-order valence-corrected chi connectivity index (χ3v) is 2.97. The highest BCUT2D eigenvalue weighted by Gasteiger charge is 2.15. The molecule has 0 radical (unpaired) electrons. The first kappa shape index (κ1) is 12.2. The molecule has 0 spiro atoms. The lowest BCUT2D eigenvalue weighted by molar-refractivity contribution is 0.411. The number of para-hydroxylation sites is 2. The monoisotopic (exact) mass is 267 g/mol. The lowest BCUT2D eigenvalue weighted by Gasteiger charge is -2.08. The number of methoxy groups -OCH3 is 1. The van der Waals surface area contributed by atoms with Gasteiger partial charge in [-0.2, -0.15) is 4.68 Å². The second kappa shape index (κ2) is 5.00. The van der Waals surface area contributed by atoms with Crippen LogP contribution in [0.5, 0.6) is 5.75 Å². The summed E-state index contributed by atoms with van der Waals surface area (Å²) in [5.74, 6) is 1.14. The van der Waals surface area contributed by atoms with E-state index in [1.807, 2.05) is 36.4 Å². The summed E-state index contributed by atoms with van der Waals surface area (Å²) >= 11 is 0. The summed E-state index contributed by atoms with van der Waals surface area (Å²) in [5.41, 5.74) is 8.40. The molecule has 1 aromatic carbocycles. The zero-order chi connectivity index (χ0) is 13.9. The van der Waals surface area contributed by atoms with Gasteiger partial charge in [0.2, 0.25) is 0 Å². The normalized spacial score (nSPS) is 10.4. The Bertz CT molecular complexity index is 723. The summed E-state index contributed by atoms with van der Waals surface area (Å²) in [6.07, 6.45) is 3.38. The number of anilines is 1. The fourth-order valence-corrected chi connectivity index (χ4v) is 1.99. The lowest BCUT2D eigenvalue weighted by Crippen LogP contribution is -2.04. The maximum atomic E-state index is 6.15. The van der Waals surface area contributed by atoms with Gasteiger partial charge in [0.15, 0.2) is 5.82 Å². The Kier molecular flexibility index (Phi) is 3.04. The van der Waals surface area contributed by atoms with Crippen LogP contribution in [-0.4, -0.2) is 27.1 Å². The molecule has 0 aliphatic heterocycles. The number of hydrogen-bond donors (Lipinski definition) is 1. The van der Waals surface area contributed by atoms with E-state index in [0.29, 0.717) is 17.3 Å². The summed E-state index contributed by atoms with van der Waals surface area (Å²) in [6.45, 7) is 0. The zero-order valence-electron chi connectivity index (χ0n) is 10.9. The number of pyridine rings is 1. The molecule has 6 nitrogen and oxygen atoms in total. The lowest BCUT2D eigenvalue weighted by atomic mass is 10.2. The molecule has 100 valence electrons. The number of ether oxygens (including phenoxy) is 1. The average molecular weight is 267 g/mol. The minimum atomic E-state index is 0.459. The molecule has 2 N–H and O–H groups in total. The van der Waals surface area contributed by atoms with Crippen LogP contribution in [0.3, 0.4) is 0 Å². The quantitative estimate of drug-likeness (QED) is 0.784. The van der Waals surface area contributed by atoms with Crippen molar-refractivity contribution < 1.29 is 4.74 Å². The first-order valence-corrected chi connectivity index (χ1v) is 6.06. The van der Waals surface area contributed by atoms with Crippen LogP contribution in [-0.2, 0) is 0 Å². The van der Waals surface area contributed by atoms with Gasteiger partial charge in [-0.05, 0) is 24.3 Å². The van der Waals surface area contributed by atoms with Crippen LogP contribution in [0.2, 0.25) is 0 Å². The van der Waals surface area contributed by atoms with Crippen molar-refractivity contribution in [2.45, 2.75) is 0 Å². The van der Waals surface area contributed by atoms with E-state index in [9.17, 15) is 0 Å². The van der Waals surface area contributed by atoms with Gasteiger partial charge < -0.3 is 10.5 Å². The highest BCUT2D eigenvalue weighted by atomic mass is 16.5. The van der Waals surface area contributed by atoms with Crippen LogP contribution in [0.25, 0.3) is 16.9 Å². The van der Waals surface area contributed by atoms with E-state index in [1.165, 1.54) is 0 Å². The van der Waals surface area contributed by atoms with Gasteiger partial charge in [0.25, 0.3) is 0 Å². The Morgan fingerprint density at radius 3 is 2.60 bits per heavy atom. The van der Waals surface area contributed by atoms with Crippen molar-refractivity contribution in [1.82, 2.24) is 20.0 Å². The number of aromatic nitrogens is 4. The van der Waals surface area contributed by atoms with Gasteiger partial charge >= 0.3 is 0 Å². The minimum absolute atomic E-state index is 0.459. The second-order valence-electron chi connectivity index (χ2n) is 4.14. The predicted molar refractivity (Wildman–Crippen MR) is 75.6 cm³/mol. The molecule has 0 saturated carbocycles. The summed E-state index contributed by atoms with van der Waals surface area (Å²) in [5, 5.41) is 8.25. The van der Waals surface area contributed by atoms with E-state index in [4.69, 9.17) is 10.5 Å². The van der Waals surface area contributed by atoms with Crippen LogP contribution >= 0.6 is 0 Å². The fourth-order valence-electron chi connectivity index (χ4n) is 1.99. The summed E-state index contributed by atoms with van der Waals surface area (Å²) in [6, 6.07) is 11.2. The van der Waals surface area contributed by atoms with Crippen molar-refractivity contribution >= 4 is 5.82 Å². The predicted octanol–water partition coefficient (Wildman–Crippen LogP) is 1.92. The Balaban J connectivity index is 2.11. The van der Waals surface area contributed by atoms with Crippen LogP contribution < -0.4 is 10.5 Å². The summed E-state index contributed by atoms with van der Waals surface area (Å²) in [4.78, 5) is 3.98. The van der Waals surface area contributed by atoms with Gasteiger partial charge in [0.05, 0.1) is 7.11 Å². The van der Waals surface area contributed by atoms with E-state index < -0.39 is 0 Å². The first-order valence-electron chi connectivity index (χ1n) is 6.06. The Labute approximate surface area is 115 Å². The van der Waals surface area contributed by atoms with Gasteiger partial charge in [-0.1, -0.05) is 17.3 Å². The molecule has 0 atom stereocenters. The average Bonchev–Trinajstić information content (AvgIpc) is 2.89. The van der Waals surface area contributed by atoms with Crippen LogP contribution in [0.4, 0.5) is 5.82 Å². The molecule has 0 fully saturated rings. The van der Waals surface area contributed by atoms with Crippen molar-refractivity contribution in [2.75, 3.05) is 12.8 Å². The van der Waals surface area contributed by atoms with E-state index >= 15 is 0 Å². The number of benzene rings is 1. The molecule has 0 saturated heterocycles. The van der Waals surface area contributed by atoms with Gasteiger partial charge in [0, 0.05) is 18.0 Å². The fraction of sp³-hybridized carbons (Fsp3) is 0.0714. The van der Waals surface area contributed by atoms with Crippen molar-refractivity contribution in [3.8, 4) is 22.7 Å². The topological polar surface area (TPSA) is 78.8 Å². The maximum Gasteiger partial charge on any atom is 0.156 e. The molecule has 0 bridgehead atoms. The molecule has 0 amide bonds. The molecule has 0 unspecified atom stereocenters. The first-order chi connectivity index (χ1) is 9.81. The van der Waals surface area contributed by atoms with Crippen molar-refractivity contribution in [3.63, 3.8) is 0 Å². The smallest absolute Gasteiger partial charge is 0.156 e. The highest BCUT2D eigenvalue weighted by molar-refractivity contribution is 5.71. The van der Waals surface area contributed by atoms with Crippen LogP contribution in [0.1, 0.15) is 0 Å². The third kappa shape index (κ3) is 1.97. The van der Waals surface area contributed by atoms with E-state index in [0.717, 1.165) is 11.3 Å². The molecule has 0 aliphatic rings. The van der Waals surface area contributed by atoms with Crippen molar-refractivity contribution in [3.05, 3.63) is 48.8 Å². The summed E-state index contributed by atoms with van der Waals surface area (Å²) < 4.78 is 6.88. The number of nitrogen functional groups attached to an aromatic ring is 1. The molecule has 3 aromatic rings. The Hall–Kier alpha value is -2.89. The molecule has 3 rings (SSSR count). The van der Waals surface area contributed by atoms with E-state index in [2.05, 4.69) is 15.3 Å². The number of hydrogen-bond acceptors (Lipinski definition) is 5.